The van der Waals surface area contributed by atoms with Crippen LogP contribution in [0, 0.1) is 6.92 Å². The Kier molecular flexibility index (Phi) is 4.75. The maximum Gasteiger partial charge on any atom is 0.335 e. The van der Waals surface area contributed by atoms with Crippen molar-refractivity contribution >= 4 is 23.5 Å². The van der Waals surface area contributed by atoms with Crippen LogP contribution in [0.5, 0.6) is 0 Å². The monoisotopic (exact) mass is 352 g/mol. The van der Waals surface area contributed by atoms with Crippen LogP contribution in [0.1, 0.15) is 56.8 Å². The van der Waals surface area contributed by atoms with Crippen LogP contribution in [0.25, 0.3) is 0 Å². The molecule has 1 heterocycles. The highest BCUT2D eigenvalue weighted by molar-refractivity contribution is 5.98. The van der Waals surface area contributed by atoms with Crippen LogP contribution in [-0.4, -0.2) is 22.9 Å². The van der Waals surface area contributed by atoms with Crippen molar-refractivity contribution in [2.24, 2.45) is 0 Å². The zero-order chi connectivity index (χ0) is 18.8. The first kappa shape index (κ1) is 17.7. The number of carbonyl (C=O) groups excluding carboxylic acids is 2. The minimum atomic E-state index is -1.06. The fourth-order valence-electron chi connectivity index (χ4n) is 3.07. The third kappa shape index (κ3) is 3.74. The van der Waals surface area contributed by atoms with Crippen LogP contribution in [0.2, 0.25) is 0 Å². The summed E-state index contributed by atoms with van der Waals surface area (Å²) in [5.74, 6) is -1.37. The third-order valence-corrected chi connectivity index (χ3v) is 4.46. The molecule has 3 N–H and O–H groups in total. The number of rotatable bonds is 4. The summed E-state index contributed by atoms with van der Waals surface area (Å²) in [6.07, 6.45) is 1.13. The molecular weight excluding hydrogens is 332 g/mol. The molecule has 134 valence electrons. The zero-order valence-electron chi connectivity index (χ0n) is 14.6. The van der Waals surface area contributed by atoms with Gasteiger partial charge in [0, 0.05) is 17.7 Å². The van der Waals surface area contributed by atoms with Crippen molar-refractivity contribution in [1.82, 2.24) is 5.32 Å². The lowest BCUT2D eigenvalue weighted by molar-refractivity contribution is -0.116. The fourth-order valence-corrected chi connectivity index (χ4v) is 3.07. The summed E-state index contributed by atoms with van der Waals surface area (Å²) in [4.78, 5) is 35.1. The van der Waals surface area contributed by atoms with E-state index in [1.54, 1.807) is 13.0 Å². The first-order valence-corrected chi connectivity index (χ1v) is 8.42. The van der Waals surface area contributed by atoms with Gasteiger partial charge in [0.2, 0.25) is 5.91 Å². The largest absolute Gasteiger partial charge is 0.478 e. The van der Waals surface area contributed by atoms with E-state index >= 15 is 0 Å². The standard InChI is InChI=1S/C20H20N2O4/c1-11-7-15(10-16(8-11)20(25)26)19(24)21-12(2)13-3-5-17-14(9-13)4-6-18(23)22-17/h3,5,7-10,12H,4,6H2,1-2H3,(H,21,24)(H,22,23)(H,25,26). The number of carboxylic acids is 1. The number of benzene rings is 2. The summed E-state index contributed by atoms with van der Waals surface area (Å²) in [5, 5.41) is 14.9. The first-order chi connectivity index (χ1) is 12.3. The highest BCUT2D eigenvalue weighted by atomic mass is 16.4. The molecule has 0 spiro atoms. The van der Waals surface area contributed by atoms with E-state index in [-0.39, 0.29) is 23.4 Å². The van der Waals surface area contributed by atoms with Gasteiger partial charge in [0.05, 0.1) is 11.6 Å². The third-order valence-electron chi connectivity index (χ3n) is 4.46. The van der Waals surface area contributed by atoms with Gasteiger partial charge in [-0.1, -0.05) is 12.1 Å². The second kappa shape index (κ2) is 7.00. The van der Waals surface area contributed by atoms with E-state index in [1.165, 1.54) is 12.1 Å². The number of fused-ring (bicyclic) bond motifs is 1. The molecule has 1 aliphatic rings. The fraction of sp³-hybridized carbons (Fsp3) is 0.250. The molecule has 0 radical (unpaired) electrons. The van der Waals surface area contributed by atoms with Crippen LogP contribution >= 0.6 is 0 Å². The van der Waals surface area contributed by atoms with Gasteiger partial charge in [-0.05, 0) is 61.2 Å². The van der Waals surface area contributed by atoms with Crippen molar-refractivity contribution in [1.29, 1.82) is 0 Å². The Balaban J connectivity index is 1.78. The molecule has 0 aliphatic carbocycles. The summed E-state index contributed by atoms with van der Waals surface area (Å²) >= 11 is 0. The van der Waals surface area contributed by atoms with Crippen molar-refractivity contribution in [3.63, 3.8) is 0 Å². The number of nitrogens with one attached hydrogen (secondary N) is 2. The normalized spacial score (nSPS) is 14.2. The predicted octanol–water partition coefficient (Wildman–Crippen LogP) is 3.07. The van der Waals surface area contributed by atoms with Gasteiger partial charge < -0.3 is 15.7 Å². The van der Waals surface area contributed by atoms with Crippen molar-refractivity contribution in [2.75, 3.05) is 5.32 Å². The minimum Gasteiger partial charge on any atom is -0.478 e. The van der Waals surface area contributed by atoms with Crippen LogP contribution in [0.4, 0.5) is 5.69 Å². The molecule has 2 amide bonds. The summed E-state index contributed by atoms with van der Waals surface area (Å²) in [5.41, 5.74) is 3.92. The molecule has 0 fully saturated rings. The van der Waals surface area contributed by atoms with E-state index in [9.17, 15) is 14.4 Å². The maximum atomic E-state index is 12.5. The van der Waals surface area contributed by atoms with E-state index in [1.807, 2.05) is 25.1 Å². The van der Waals surface area contributed by atoms with Gasteiger partial charge in [-0.2, -0.15) is 0 Å². The number of aryl methyl sites for hydroxylation is 2. The molecule has 0 aromatic heterocycles. The molecule has 6 nitrogen and oxygen atoms in total. The summed E-state index contributed by atoms with van der Waals surface area (Å²) in [6.45, 7) is 3.62. The lowest BCUT2D eigenvalue weighted by Crippen LogP contribution is -2.27. The van der Waals surface area contributed by atoms with Crippen molar-refractivity contribution < 1.29 is 19.5 Å². The number of carbonyl (C=O) groups is 3. The van der Waals surface area contributed by atoms with Crippen LogP contribution in [0.3, 0.4) is 0 Å². The molecule has 1 atom stereocenters. The smallest absolute Gasteiger partial charge is 0.335 e. The van der Waals surface area contributed by atoms with Gasteiger partial charge in [-0.25, -0.2) is 4.79 Å². The Bertz CT molecular complexity index is 905. The summed E-state index contributed by atoms with van der Waals surface area (Å²) < 4.78 is 0. The van der Waals surface area contributed by atoms with Crippen molar-refractivity contribution in [3.8, 4) is 0 Å². The van der Waals surface area contributed by atoms with E-state index < -0.39 is 5.97 Å². The molecule has 0 saturated carbocycles. The Morgan fingerprint density at radius 2 is 1.85 bits per heavy atom. The van der Waals surface area contributed by atoms with Gasteiger partial charge in [0.25, 0.3) is 5.91 Å². The highest BCUT2D eigenvalue weighted by Gasteiger charge is 2.18. The molecular formula is C20H20N2O4. The van der Waals surface area contributed by atoms with Gasteiger partial charge in [0.1, 0.15) is 0 Å². The molecule has 3 rings (SSSR count). The molecule has 1 aliphatic heterocycles. The van der Waals surface area contributed by atoms with E-state index in [0.29, 0.717) is 24.0 Å². The van der Waals surface area contributed by atoms with E-state index in [2.05, 4.69) is 10.6 Å². The molecule has 2 aromatic carbocycles. The summed E-state index contributed by atoms with van der Waals surface area (Å²) in [7, 11) is 0. The molecule has 6 heteroatoms. The Morgan fingerprint density at radius 1 is 1.12 bits per heavy atom. The van der Waals surface area contributed by atoms with Gasteiger partial charge in [-0.15, -0.1) is 0 Å². The molecule has 0 bridgehead atoms. The number of amides is 2. The molecule has 26 heavy (non-hydrogen) atoms. The summed E-state index contributed by atoms with van der Waals surface area (Å²) in [6, 6.07) is 10.0. The van der Waals surface area contributed by atoms with E-state index in [0.717, 1.165) is 16.8 Å². The van der Waals surface area contributed by atoms with Gasteiger partial charge in [-0.3, -0.25) is 9.59 Å². The number of hydrogen-bond donors (Lipinski definition) is 3. The second-order valence-corrected chi connectivity index (χ2v) is 6.55. The minimum absolute atomic E-state index is 0.0142. The predicted molar refractivity (Wildman–Crippen MR) is 97.4 cm³/mol. The lowest BCUT2D eigenvalue weighted by atomic mass is 9.97. The number of anilines is 1. The van der Waals surface area contributed by atoms with Gasteiger partial charge >= 0.3 is 5.97 Å². The van der Waals surface area contributed by atoms with Crippen LogP contribution < -0.4 is 10.6 Å². The second-order valence-electron chi connectivity index (χ2n) is 6.55. The molecule has 1 unspecified atom stereocenters. The van der Waals surface area contributed by atoms with Crippen molar-refractivity contribution in [2.45, 2.75) is 32.7 Å². The zero-order valence-corrected chi connectivity index (χ0v) is 14.6. The maximum absolute atomic E-state index is 12.5. The van der Waals surface area contributed by atoms with E-state index in [4.69, 9.17) is 5.11 Å². The lowest BCUT2D eigenvalue weighted by Gasteiger charge is -2.20. The van der Waals surface area contributed by atoms with Gasteiger partial charge in [0.15, 0.2) is 0 Å². The molecule has 0 saturated heterocycles. The average Bonchev–Trinajstić information content (AvgIpc) is 2.60. The number of aromatic carboxylic acids is 1. The highest BCUT2D eigenvalue weighted by Crippen LogP contribution is 2.26. The molecule has 2 aromatic rings. The van der Waals surface area contributed by atoms with Crippen LogP contribution in [-0.2, 0) is 11.2 Å². The SMILES string of the molecule is Cc1cc(C(=O)O)cc(C(=O)NC(C)c2ccc3c(c2)CCC(=O)N3)c1. The Hall–Kier alpha value is -3.15. The van der Waals surface area contributed by atoms with Crippen molar-refractivity contribution in [3.05, 3.63) is 64.2 Å². The Morgan fingerprint density at radius 3 is 2.58 bits per heavy atom. The Labute approximate surface area is 151 Å². The first-order valence-electron chi connectivity index (χ1n) is 8.42. The number of hydrogen-bond acceptors (Lipinski definition) is 3. The number of carboxylic acid groups (broad SMARTS) is 1. The van der Waals surface area contributed by atoms with Crippen LogP contribution in [0.15, 0.2) is 36.4 Å². The topological polar surface area (TPSA) is 95.5 Å². The average molecular weight is 352 g/mol. The quantitative estimate of drug-likeness (QED) is 0.788.